The van der Waals surface area contributed by atoms with E-state index < -0.39 is 6.10 Å². The van der Waals surface area contributed by atoms with E-state index in [0.717, 1.165) is 17.9 Å². The first-order valence-electron chi connectivity index (χ1n) is 7.72. The number of hydrogen-bond acceptors (Lipinski definition) is 5. The fourth-order valence-electron chi connectivity index (χ4n) is 2.63. The van der Waals surface area contributed by atoms with E-state index >= 15 is 0 Å². The van der Waals surface area contributed by atoms with Crippen LogP contribution in [-0.2, 0) is 7.05 Å². The summed E-state index contributed by atoms with van der Waals surface area (Å²) in [6, 6.07) is 6.94. The number of carbonyl (C=O) groups is 1. The molecule has 0 spiro atoms. The number of amides is 1. The molecule has 0 saturated carbocycles. The smallest absolute Gasteiger partial charge is 0.251 e. The van der Waals surface area contributed by atoms with Crippen LogP contribution in [0.4, 0.5) is 0 Å². The lowest BCUT2D eigenvalue weighted by Gasteiger charge is -2.29. The van der Waals surface area contributed by atoms with Crippen molar-refractivity contribution in [1.82, 2.24) is 25.4 Å². The van der Waals surface area contributed by atoms with Crippen molar-refractivity contribution in [3.63, 3.8) is 0 Å². The highest BCUT2D eigenvalue weighted by atomic mass is 16.3. The average Bonchev–Trinajstić information content (AvgIpc) is 2.89. The minimum atomic E-state index is -0.511. The lowest BCUT2D eigenvalue weighted by Crippen LogP contribution is -2.53. The quantitative estimate of drug-likeness (QED) is 0.755. The Balaban J connectivity index is 1.77. The SMILES string of the molecule is Cc1nc(-c2cccc(C(=O)NC3CNCCC3O)c2)nn1C. The molecule has 23 heavy (non-hydrogen) atoms. The summed E-state index contributed by atoms with van der Waals surface area (Å²) in [6.07, 6.45) is 0.130. The molecule has 1 aromatic heterocycles. The summed E-state index contributed by atoms with van der Waals surface area (Å²) in [5, 5.41) is 20.3. The Morgan fingerprint density at radius 1 is 1.48 bits per heavy atom. The van der Waals surface area contributed by atoms with Crippen molar-refractivity contribution in [1.29, 1.82) is 0 Å². The molecule has 2 heterocycles. The number of aryl methyl sites for hydroxylation is 2. The van der Waals surface area contributed by atoms with Gasteiger partial charge < -0.3 is 15.7 Å². The number of nitrogens with zero attached hydrogens (tertiary/aromatic N) is 3. The van der Waals surface area contributed by atoms with Gasteiger partial charge in [0.15, 0.2) is 5.82 Å². The Bertz CT molecular complexity index is 693. The van der Waals surface area contributed by atoms with Crippen molar-refractivity contribution in [3.05, 3.63) is 35.7 Å². The van der Waals surface area contributed by atoms with Crippen LogP contribution in [0.3, 0.4) is 0 Å². The van der Waals surface area contributed by atoms with E-state index in [2.05, 4.69) is 20.7 Å². The molecule has 7 nitrogen and oxygen atoms in total. The van der Waals surface area contributed by atoms with Gasteiger partial charge in [0.2, 0.25) is 0 Å². The van der Waals surface area contributed by atoms with Crippen LogP contribution in [0, 0.1) is 6.92 Å². The molecule has 1 aromatic carbocycles. The summed E-state index contributed by atoms with van der Waals surface area (Å²) in [5.74, 6) is 1.21. The minimum absolute atomic E-state index is 0.202. The third-order valence-electron chi connectivity index (χ3n) is 4.13. The first kappa shape index (κ1) is 15.6. The van der Waals surface area contributed by atoms with Crippen molar-refractivity contribution in [3.8, 4) is 11.4 Å². The van der Waals surface area contributed by atoms with E-state index in [9.17, 15) is 9.90 Å². The number of aliphatic hydroxyl groups excluding tert-OH is 1. The molecule has 0 radical (unpaired) electrons. The van der Waals surface area contributed by atoms with Gasteiger partial charge in [-0.1, -0.05) is 12.1 Å². The molecule has 3 rings (SSSR count). The van der Waals surface area contributed by atoms with Crippen molar-refractivity contribution in [2.45, 2.75) is 25.5 Å². The number of hydrogen-bond donors (Lipinski definition) is 3. The number of aromatic nitrogens is 3. The second-order valence-corrected chi connectivity index (χ2v) is 5.83. The number of nitrogens with one attached hydrogen (secondary N) is 2. The van der Waals surface area contributed by atoms with E-state index in [-0.39, 0.29) is 11.9 Å². The van der Waals surface area contributed by atoms with E-state index in [0.29, 0.717) is 24.4 Å². The van der Waals surface area contributed by atoms with Gasteiger partial charge in [-0.25, -0.2) is 4.98 Å². The lowest BCUT2D eigenvalue weighted by atomic mass is 10.0. The van der Waals surface area contributed by atoms with Crippen molar-refractivity contribution < 1.29 is 9.90 Å². The first-order valence-corrected chi connectivity index (χ1v) is 7.72. The van der Waals surface area contributed by atoms with Crippen LogP contribution in [0.15, 0.2) is 24.3 Å². The second kappa shape index (κ2) is 6.47. The van der Waals surface area contributed by atoms with Gasteiger partial charge in [0.1, 0.15) is 5.82 Å². The molecule has 0 bridgehead atoms. The Hall–Kier alpha value is -2.25. The zero-order valence-electron chi connectivity index (χ0n) is 13.3. The zero-order valence-corrected chi connectivity index (χ0v) is 13.3. The maximum atomic E-state index is 12.4. The summed E-state index contributed by atoms with van der Waals surface area (Å²) in [5.41, 5.74) is 1.33. The number of rotatable bonds is 3. The molecule has 1 fully saturated rings. The van der Waals surface area contributed by atoms with Crippen LogP contribution in [0.2, 0.25) is 0 Å². The third-order valence-corrected chi connectivity index (χ3v) is 4.13. The fraction of sp³-hybridized carbons (Fsp3) is 0.438. The molecule has 1 aliphatic heterocycles. The maximum absolute atomic E-state index is 12.4. The maximum Gasteiger partial charge on any atom is 0.251 e. The van der Waals surface area contributed by atoms with Crippen LogP contribution < -0.4 is 10.6 Å². The van der Waals surface area contributed by atoms with Gasteiger partial charge in [-0.3, -0.25) is 9.48 Å². The highest BCUT2D eigenvalue weighted by Crippen LogP contribution is 2.17. The van der Waals surface area contributed by atoms with Crippen molar-refractivity contribution in [2.75, 3.05) is 13.1 Å². The molecule has 1 saturated heterocycles. The van der Waals surface area contributed by atoms with Gasteiger partial charge in [0.05, 0.1) is 12.1 Å². The van der Waals surface area contributed by atoms with Crippen LogP contribution in [-0.4, -0.2) is 51.0 Å². The molecule has 1 amide bonds. The second-order valence-electron chi connectivity index (χ2n) is 5.83. The van der Waals surface area contributed by atoms with E-state index in [1.165, 1.54) is 0 Å². The van der Waals surface area contributed by atoms with Gasteiger partial charge >= 0.3 is 0 Å². The molecule has 0 aliphatic carbocycles. The summed E-state index contributed by atoms with van der Waals surface area (Å²) in [4.78, 5) is 16.8. The van der Waals surface area contributed by atoms with Crippen molar-refractivity contribution in [2.24, 2.45) is 7.05 Å². The van der Waals surface area contributed by atoms with Crippen LogP contribution in [0.25, 0.3) is 11.4 Å². The molecule has 3 N–H and O–H groups in total. The molecule has 1 aliphatic rings. The van der Waals surface area contributed by atoms with E-state index in [4.69, 9.17) is 0 Å². The number of benzene rings is 1. The van der Waals surface area contributed by atoms with Crippen LogP contribution >= 0.6 is 0 Å². The summed E-state index contributed by atoms with van der Waals surface area (Å²) < 4.78 is 1.70. The summed E-state index contributed by atoms with van der Waals surface area (Å²) in [7, 11) is 1.83. The third kappa shape index (κ3) is 3.40. The first-order chi connectivity index (χ1) is 11.0. The number of piperidine rings is 1. The fourth-order valence-corrected chi connectivity index (χ4v) is 2.63. The predicted octanol–water partition coefficient (Wildman–Crippen LogP) is 0.243. The largest absolute Gasteiger partial charge is 0.391 e. The van der Waals surface area contributed by atoms with Crippen LogP contribution in [0.1, 0.15) is 22.6 Å². The molecular formula is C16H21N5O2. The van der Waals surface area contributed by atoms with Gasteiger partial charge in [-0.15, -0.1) is 0 Å². The topological polar surface area (TPSA) is 92.1 Å². The van der Waals surface area contributed by atoms with Gasteiger partial charge in [-0.05, 0) is 32.0 Å². The highest BCUT2D eigenvalue weighted by molar-refractivity contribution is 5.95. The molecule has 2 aromatic rings. The number of carbonyl (C=O) groups excluding carboxylic acids is 1. The summed E-state index contributed by atoms with van der Waals surface area (Å²) >= 11 is 0. The Morgan fingerprint density at radius 3 is 3.00 bits per heavy atom. The molecular weight excluding hydrogens is 294 g/mol. The van der Waals surface area contributed by atoms with Crippen LogP contribution in [0.5, 0.6) is 0 Å². The Kier molecular flexibility index (Phi) is 4.40. The monoisotopic (exact) mass is 315 g/mol. The van der Waals surface area contributed by atoms with E-state index in [1.54, 1.807) is 16.8 Å². The average molecular weight is 315 g/mol. The minimum Gasteiger partial charge on any atom is -0.391 e. The lowest BCUT2D eigenvalue weighted by molar-refractivity contribution is 0.0755. The zero-order chi connectivity index (χ0) is 16.4. The van der Waals surface area contributed by atoms with Gasteiger partial charge in [0.25, 0.3) is 5.91 Å². The van der Waals surface area contributed by atoms with Gasteiger partial charge in [-0.2, -0.15) is 5.10 Å². The predicted molar refractivity (Wildman–Crippen MR) is 85.9 cm³/mol. The molecule has 2 atom stereocenters. The highest BCUT2D eigenvalue weighted by Gasteiger charge is 2.24. The Morgan fingerprint density at radius 2 is 2.30 bits per heavy atom. The number of aliphatic hydroxyl groups is 1. The standard InChI is InChI=1S/C16H21N5O2/c1-10-18-15(20-21(10)2)11-4-3-5-12(8-11)16(23)19-13-9-17-7-6-14(13)22/h3-5,8,13-14,17,22H,6-7,9H2,1-2H3,(H,19,23). The van der Waals surface area contributed by atoms with E-state index in [1.807, 2.05) is 26.1 Å². The molecule has 122 valence electrons. The molecule has 7 heteroatoms. The normalized spacial score (nSPS) is 21.2. The van der Waals surface area contributed by atoms with Crippen molar-refractivity contribution >= 4 is 5.91 Å². The van der Waals surface area contributed by atoms with Gasteiger partial charge in [0, 0.05) is 24.7 Å². The summed E-state index contributed by atoms with van der Waals surface area (Å²) in [6.45, 7) is 3.23. The molecule has 2 unspecified atom stereocenters. The Labute approximate surface area is 134 Å².